The molecule has 19 heavy (non-hydrogen) atoms. The molecular formula is C17H26ClN. The predicted octanol–water partition coefficient (Wildman–Crippen LogP) is 5.13. The van der Waals surface area contributed by atoms with Crippen molar-refractivity contribution in [2.75, 3.05) is 6.54 Å². The molecule has 3 unspecified atom stereocenters. The second-order valence-corrected chi connectivity index (χ2v) is 6.53. The molecule has 3 atom stereocenters. The topological polar surface area (TPSA) is 12.0 Å². The number of benzene rings is 1. The lowest BCUT2D eigenvalue weighted by atomic mass is 9.90. The average Bonchev–Trinajstić information content (AvgIpc) is 2.80. The lowest BCUT2D eigenvalue weighted by Crippen LogP contribution is -2.28. The normalized spacial score (nSPS) is 24.6. The van der Waals surface area contributed by atoms with E-state index in [9.17, 15) is 0 Å². The van der Waals surface area contributed by atoms with E-state index in [1.165, 1.54) is 36.8 Å². The van der Waals surface area contributed by atoms with Crippen LogP contribution in [-0.2, 0) is 0 Å². The fourth-order valence-electron chi connectivity index (χ4n) is 3.21. The maximum atomic E-state index is 6.30. The summed E-state index contributed by atoms with van der Waals surface area (Å²) in [7, 11) is 0. The predicted molar refractivity (Wildman–Crippen MR) is 83.7 cm³/mol. The Morgan fingerprint density at radius 1 is 1.37 bits per heavy atom. The Morgan fingerprint density at radius 2 is 2.16 bits per heavy atom. The number of nitrogens with one attached hydrogen (secondary N) is 1. The van der Waals surface area contributed by atoms with E-state index < -0.39 is 0 Å². The number of rotatable bonds is 5. The molecule has 0 spiro atoms. The molecule has 0 radical (unpaired) electrons. The monoisotopic (exact) mass is 279 g/mol. The van der Waals surface area contributed by atoms with Crippen LogP contribution in [0, 0.1) is 18.8 Å². The highest BCUT2D eigenvalue weighted by Gasteiger charge is 2.29. The molecule has 1 N–H and O–H groups in total. The molecule has 1 fully saturated rings. The first-order valence-electron chi connectivity index (χ1n) is 7.61. The summed E-state index contributed by atoms with van der Waals surface area (Å²) in [5.74, 6) is 1.64. The van der Waals surface area contributed by atoms with Crippen LogP contribution in [0.2, 0.25) is 5.02 Å². The number of halogens is 1. The highest BCUT2D eigenvalue weighted by atomic mass is 35.5. The van der Waals surface area contributed by atoms with Crippen molar-refractivity contribution >= 4 is 11.6 Å². The molecule has 2 rings (SSSR count). The largest absolute Gasteiger partial charge is 0.310 e. The van der Waals surface area contributed by atoms with Gasteiger partial charge in [-0.1, -0.05) is 44.0 Å². The zero-order chi connectivity index (χ0) is 13.8. The van der Waals surface area contributed by atoms with Crippen LogP contribution in [0.4, 0.5) is 0 Å². The summed E-state index contributed by atoms with van der Waals surface area (Å²) in [6.07, 6.45) is 5.23. The van der Waals surface area contributed by atoms with Crippen molar-refractivity contribution in [3.8, 4) is 0 Å². The third-order valence-corrected chi connectivity index (χ3v) is 4.78. The molecule has 0 amide bonds. The Kier molecular flexibility index (Phi) is 5.29. The van der Waals surface area contributed by atoms with E-state index in [1.807, 2.05) is 0 Å². The summed E-state index contributed by atoms with van der Waals surface area (Å²) in [5.41, 5.74) is 2.53. The lowest BCUT2D eigenvalue weighted by molar-refractivity contribution is 0.359. The maximum Gasteiger partial charge on any atom is 0.0438 e. The van der Waals surface area contributed by atoms with E-state index in [0.717, 1.165) is 23.4 Å². The minimum absolute atomic E-state index is 0.475. The van der Waals surface area contributed by atoms with Gasteiger partial charge in [0.1, 0.15) is 0 Å². The van der Waals surface area contributed by atoms with E-state index in [4.69, 9.17) is 11.6 Å². The zero-order valence-electron chi connectivity index (χ0n) is 12.4. The third kappa shape index (κ3) is 3.73. The molecule has 0 bridgehead atoms. The number of aryl methyl sites for hydroxylation is 1. The van der Waals surface area contributed by atoms with Gasteiger partial charge in [0.05, 0.1) is 0 Å². The highest BCUT2D eigenvalue weighted by Crippen LogP contribution is 2.39. The first kappa shape index (κ1) is 14.9. The Balaban J connectivity index is 2.18. The molecule has 0 heterocycles. The van der Waals surface area contributed by atoms with Gasteiger partial charge in [-0.15, -0.1) is 0 Å². The molecule has 0 aliphatic heterocycles. The fraction of sp³-hybridized carbons (Fsp3) is 0.647. The molecule has 0 saturated heterocycles. The molecule has 1 aromatic carbocycles. The van der Waals surface area contributed by atoms with Crippen LogP contribution in [0.25, 0.3) is 0 Å². The first-order chi connectivity index (χ1) is 9.11. The number of hydrogen-bond donors (Lipinski definition) is 1. The van der Waals surface area contributed by atoms with Crippen LogP contribution in [0.5, 0.6) is 0 Å². The summed E-state index contributed by atoms with van der Waals surface area (Å²) in [6, 6.07) is 7.03. The van der Waals surface area contributed by atoms with Crippen LogP contribution in [0.1, 0.15) is 56.7 Å². The summed E-state index contributed by atoms with van der Waals surface area (Å²) < 4.78 is 0. The Labute approximate surface area is 122 Å². The van der Waals surface area contributed by atoms with Gasteiger partial charge in [-0.05, 0) is 61.8 Å². The van der Waals surface area contributed by atoms with Gasteiger partial charge in [-0.25, -0.2) is 0 Å². The van der Waals surface area contributed by atoms with Crippen LogP contribution in [-0.4, -0.2) is 6.54 Å². The van der Waals surface area contributed by atoms with Crippen molar-refractivity contribution < 1.29 is 0 Å². The molecule has 2 heteroatoms. The van der Waals surface area contributed by atoms with E-state index >= 15 is 0 Å². The molecule has 1 nitrogen and oxygen atoms in total. The highest BCUT2D eigenvalue weighted by molar-refractivity contribution is 6.31. The molecule has 1 aromatic rings. The second-order valence-electron chi connectivity index (χ2n) is 6.12. The van der Waals surface area contributed by atoms with Crippen molar-refractivity contribution in [1.29, 1.82) is 0 Å². The van der Waals surface area contributed by atoms with E-state index in [1.54, 1.807) is 0 Å². The van der Waals surface area contributed by atoms with Crippen LogP contribution in [0.15, 0.2) is 18.2 Å². The standard InChI is InChI=1S/C17H26ClN/c1-4-9-19-17(14-7-5-12(2)10-14)15-8-6-13(3)16(18)11-15/h6,8,11-12,14,17,19H,4-5,7,9-10H2,1-3H3. The SMILES string of the molecule is CCCNC(c1ccc(C)c(Cl)c1)C1CCC(C)C1. The van der Waals surface area contributed by atoms with Gasteiger partial charge in [0.2, 0.25) is 0 Å². The second kappa shape index (κ2) is 6.76. The fourth-order valence-corrected chi connectivity index (χ4v) is 3.40. The van der Waals surface area contributed by atoms with E-state index in [-0.39, 0.29) is 0 Å². The van der Waals surface area contributed by atoms with Crippen molar-refractivity contribution in [2.45, 2.75) is 52.5 Å². The Morgan fingerprint density at radius 3 is 2.74 bits per heavy atom. The average molecular weight is 280 g/mol. The van der Waals surface area contributed by atoms with Gasteiger partial charge in [0.25, 0.3) is 0 Å². The van der Waals surface area contributed by atoms with Gasteiger partial charge < -0.3 is 5.32 Å². The van der Waals surface area contributed by atoms with E-state index in [0.29, 0.717) is 6.04 Å². The maximum absolute atomic E-state index is 6.30. The van der Waals surface area contributed by atoms with Gasteiger partial charge >= 0.3 is 0 Å². The summed E-state index contributed by atoms with van der Waals surface area (Å²) in [5, 5.41) is 4.63. The molecular weight excluding hydrogens is 254 g/mol. The molecule has 1 saturated carbocycles. The zero-order valence-corrected chi connectivity index (χ0v) is 13.1. The van der Waals surface area contributed by atoms with Crippen molar-refractivity contribution in [3.05, 3.63) is 34.3 Å². The van der Waals surface area contributed by atoms with Gasteiger partial charge in [0, 0.05) is 11.1 Å². The molecule has 1 aliphatic rings. The van der Waals surface area contributed by atoms with Gasteiger partial charge in [-0.2, -0.15) is 0 Å². The Bertz CT molecular complexity index is 416. The van der Waals surface area contributed by atoms with E-state index in [2.05, 4.69) is 44.3 Å². The lowest BCUT2D eigenvalue weighted by Gasteiger charge is -2.26. The summed E-state index contributed by atoms with van der Waals surface area (Å²) in [4.78, 5) is 0. The minimum atomic E-state index is 0.475. The van der Waals surface area contributed by atoms with Crippen molar-refractivity contribution in [1.82, 2.24) is 5.32 Å². The van der Waals surface area contributed by atoms with Crippen LogP contribution < -0.4 is 5.32 Å². The van der Waals surface area contributed by atoms with Crippen molar-refractivity contribution in [3.63, 3.8) is 0 Å². The molecule has 0 aromatic heterocycles. The van der Waals surface area contributed by atoms with Crippen LogP contribution >= 0.6 is 11.6 Å². The number of hydrogen-bond acceptors (Lipinski definition) is 1. The third-order valence-electron chi connectivity index (χ3n) is 4.38. The molecule has 1 aliphatic carbocycles. The minimum Gasteiger partial charge on any atom is -0.310 e. The van der Waals surface area contributed by atoms with Crippen LogP contribution in [0.3, 0.4) is 0 Å². The van der Waals surface area contributed by atoms with Crippen molar-refractivity contribution in [2.24, 2.45) is 11.8 Å². The van der Waals surface area contributed by atoms with Gasteiger partial charge in [-0.3, -0.25) is 0 Å². The first-order valence-corrected chi connectivity index (χ1v) is 7.99. The summed E-state index contributed by atoms with van der Waals surface area (Å²) in [6.45, 7) is 7.75. The molecule has 106 valence electrons. The smallest absolute Gasteiger partial charge is 0.0438 e. The quantitative estimate of drug-likeness (QED) is 0.788. The Hall–Kier alpha value is -0.530. The van der Waals surface area contributed by atoms with Gasteiger partial charge in [0.15, 0.2) is 0 Å². The summed E-state index contributed by atoms with van der Waals surface area (Å²) >= 11 is 6.30.